The molecule has 6 heteroatoms. The van der Waals surface area contributed by atoms with Crippen LogP contribution < -0.4 is 0 Å². The normalized spacial score (nSPS) is 12.9. The van der Waals surface area contributed by atoms with Crippen molar-refractivity contribution in [2.75, 3.05) is 20.6 Å². The minimum absolute atomic E-state index is 0.468. The minimum Gasteiger partial charge on any atom is -0.382 e. The molecule has 2 aromatic heterocycles. The molecule has 0 fully saturated rings. The fourth-order valence-electron chi connectivity index (χ4n) is 1.81. The number of rotatable bonds is 5. The van der Waals surface area contributed by atoms with Crippen LogP contribution >= 0.6 is 11.6 Å². The first-order valence-electron chi connectivity index (χ1n) is 6.03. The summed E-state index contributed by atoms with van der Waals surface area (Å²) < 4.78 is 1.74. The summed E-state index contributed by atoms with van der Waals surface area (Å²) in [7, 11) is 3.98. The smallest absolute Gasteiger partial charge is 0.124 e. The predicted molar refractivity (Wildman–Crippen MR) is 74.1 cm³/mol. The Balaban J connectivity index is 2.26. The highest BCUT2D eigenvalue weighted by Crippen LogP contribution is 2.27. The summed E-state index contributed by atoms with van der Waals surface area (Å²) in [5.74, 6) is 0. The fraction of sp³-hybridized carbons (Fsp3) is 0.385. The third kappa shape index (κ3) is 3.32. The quantitative estimate of drug-likeness (QED) is 0.903. The van der Waals surface area contributed by atoms with Crippen LogP contribution in [0.5, 0.6) is 0 Å². The molecule has 0 spiro atoms. The van der Waals surface area contributed by atoms with Crippen LogP contribution in [-0.4, -0.2) is 45.4 Å². The zero-order chi connectivity index (χ0) is 13.8. The molecule has 0 aliphatic heterocycles. The maximum atomic E-state index is 10.4. The van der Waals surface area contributed by atoms with Crippen molar-refractivity contribution in [2.24, 2.45) is 0 Å². The highest BCUT2D eigenvalue weighted by molar-refractivity contribution is 6.31. The summed E-state index contributed by atoms with van der Waals surface area (Å²) in [6.45, 7) is 1.50. The summed E-state index contributed by atoms with van der Waals surface area (Å²) in [6, 6.07) is 3.60. The largest absolute Gasteiger partial charge is 0.382 e. The maximum Gasteiger partial charge on any atom is 0.124 e. The molecule has 0 aliphatic carbocycles. The molecule has 102 valence electrons. The first kappa shape index (κ1) is 14.0. The number of nitrogens with zero attached hydrogens (tertiary/aromatic N) is 4. The molecule has 0 aromatic carbocycles. The number of hydrogen-bond donors (Lipinski definition) is 1. The van der Waals surface area contributed by atoms with E-state index in [1.807, 2.05) is 20.2 Å². The molecular weight excluding hydrogens is 264 g/mol. The van der Waals surface area contributed by atoms with Gasteiger partial charge in [0.15, 0.2) is 0 Å². The van der Waals surface area contributed by atoms with Gasteiger partial charge in [0.2, 0.25) is 0 Å². The zero-order valence-electron chi connectivity index (χ0n) is 11.0. The second kappa shape index (κ2) is 6.14. The molecule has 1 N–H and O–H groups in total. The predicted octanol–water partition coefficient (Wildman–Crippen LogP) is 1.57. The lowest BCUT2D eigenvalue weighted by Crippen LogP contribution is -2.21. The first-order chi connectivity index (χ1) is 9.09. The van der Waals surface area contributed by atoms with Gasteiger partial charge in [-0.15, -0.1) is 0 Å². The van der Waals surface area contributed by atoms with E-state index in [-0.39, 0.29) is 0 Å². The van der Waals surface area contributed by atoms with Gasteiger partial charge >= 0.3 is 0 Å². The Morgan fingerprint density at radius 1 is 1.42 bits per heavy atom. The highest BCUT2D eigenvalue weighted by atomic mass is 35.5. The molecule has 0 bridgehead atoms. The monoisotopic (exact) mass is 280 g/mol. The van der Waals surface area contributed by atoms with Gasteiger partial charge in [-0.05, 0) is 20.2 Å². The first-order valence-corrected chi connectivity index (χ1v) is 6.41. The standard InChI is InChI=1S/C13H17ClN4O/c1-17(2)6-7-18-12(11(14)9-16-18)13(19)10-4-3-5-15-8-10/h3-5,8-9,13,19H,6-7H2,1-2H3. The summed E-state index contributed by atoms with van der Waals surface area (Å²) in [4.78, 5) is 6.06. The number of aromatic nitrogens is 3. The molecule has 2 aromatic rings. The Kier molecular flexibility index (Phi) is 4.52. The van der Waals surface area contributed by atoms with Crippen molar-refractivity contribution in [1.29, 1.82) is 0 Å². The van der Waals surface area contributed by atoms with Gasteiger partial charge in [0, 0.05) is 24.5 Å². The van der Waals surface area contributed by atoms with Gasteiger partial charge in [0.1, 0.15) is 6.10 Å². The van der Waals surface area contributed by atoms with Crippen LogP contribution in [-0.2, 0) is 6.54 Å². The number of aliphatic hydroxyl groups is 1. The third-order valence-electron chi connectivity index (χ3n) is 2.85. The summed E-state index contributed by atoms with van der Waals surface area (Å²) in [5, 5.41) is 15.1. The molecule has 1 atom stereocenters. The van der Waals surface area contributed by atoms with Crippen LogP contribution in [0.1, 0.15) is 17.4 Å². The van der Waals surface area contributed by atoms with E-state index < -0.39 is 6.10 Å². The van der Waals surface area contributed by atoms with Gasteiger partial charge in [-0.25, -0.2) is 0 Å². The van der Waals surface area contributed by atoms with E-state index in [4.69, 9.17) is 11.6 Å². The van der Waals surface area contributed by atoms with Gasteiger partial charge < -0.3 is 10.0 Å². The van der Waals surface area contributed by atoms with Gasteiger partial charge in [0.25, 0.3) is 0 Å². The molecule has 0 saturated carbocycles. The van der Waals surface area contributed by atoms with Gasteiger partial charge in [0.05, 0.1) is 23.5 Å². The molecular formula is C13H17ClN4O. The van der Waals surface area contributed by atoms with Crippen LogP contribution in [0.15, 0.2) is 30.7 Å². The Morgan fingerprint density at radius 3 is 2.84 bits per heavy atom. The molecule has 2 rings (SSSR count). The molecule has 0 aliphatic rings. The van der Waals surface area contributed by atoms with E-state index in [0.29, 0.717) is 22.8 Å². The van der Waals surface area contributed by atoms with Crippen molar-refractivity contribution in [3.8, 4) is 0 Å². The van der Waals surface area contributed by atoms with Crippen molar-refractivity contribution in [3.63, 3.8) is 0 Å². The maximum absolute atomic E-state index is 10.4. The average molecular weight is 281 g/mol. The van der Waals surface area contributed by atoms with Crippen molar-refractivity contribution < 1.29 is 5.11 Å². The van der Waals surface area contributed by atoms with Crippen LogP contribution in [0.25, 0.3) is 0 Å². The topological polar surface area (TPSA) is 54.2 Å². The van der Waals surface area contributed by atoms with E-state index in [0.717, 1.165) is 6.54 Å². The summed E-state index contributed by atoms with van der Waals surface area (Å²) in [5.41, 5.74) is 1.31. The zero-order valence-corrected chi connectivity index (χ0v) is 11.7. The highest BCUT2D eigenvalue weighted by Gasteiger charge is 2.19. The van der Waals surface area contributed by atoms with Crippen LogP contribution in [0.3, 0.4) is 0 Å². The number of hydrogen-bond acceptors (Lipinski definition) is 4. The van der Waals surface area contributed by atoms with Crippen LogP contribution in [0, 0.1) is 0 Å². The average Bonchev–Trinajstić information content (AvgIpc) is 2.78. The number of aliphatic hydroxyl groups excluding tert-OH is 1. The second-order valence-corrected chi connectivity index (χ2v) is 5.00. The van der Waals surface area contributed by atoms with Gasteiger partial charge in [-0.2, -0.15) is 5.10 Å². The van der Waals surface area contributed by atoms with E-state index in [2.05, 4.69) is 15.0 Å². The van der Waals surface area contributed by atoms with E-state index in [1.165, 1.54) is 0 Å². The Labute approximate surface area is 117 Å². The molecule has 2 heterocycles. The van der Waals surface area contributed by atoms with Gasteiger partial charge in [-0.1, -0.05) is 17.7 Å². The SMILES string of the molecule is CN(C)CCn1ncc(Cl)c1C(O)c1cccnc1. The fourth-order valence-corrected chi connectivity index (χ4v) is 2.06. The van der Waals surface area contributed by atoms with Crippen molar-refractivity contribution in [2.45, 2.75) is 12.6 Å². The number of pyridine rings is 1. The third-order valence-corrected chi connectivity index (χ3v) is 3.14. The summed E-state index contributed by atoms with van der Waals surface area (Å²) in [6.07, 6.45) is 4.04. The molecule has 19 heavy (non-hydrogen) atoms. The molecule has 5 nitrogen and oxygen atoms in total. The molecule has 0 radical (unpaired) electrons. The minimum atomic E-state index is -0.814. The Bertz CT molecular complexity index is 527. The number of halogens is 1. The van der Waals surface area contributed by atoms with E-state index >= 15 is 0 Å². The second-order valence-electron chi connectivity index (χ2n) is 4.59. The Hall–Kier alpha value is -1.43. The van der Waals surface area contributed by atoms with Crippen molar-refractivity contribution in [3.05, 3.63) is 47.0 Å². The van der Waals surface area contributed by atoms with Gasteiger partial charge in [-0.3, -0.25) is 9.67 Å². The lowest BCUT2D eigenvalue weighted by atomic mass is 10.1. The Morgan fingerprint density at radius 2 is 2.21 bits per heavy atom. The van der Waals surface area contributed by atoms with Crippen molar-refractivity contribution in [1.82, 2.24) is 19.7 Å². The van der Waals surface area contributed by atoms with E-state index in [1.54, 1.807) is 29.3 Å². The molecule has 0 amide bonds. The number of likely N-dealkylation sites (N-methyl/N-ethyl adjacent to an activating group) is 1. The summed E-state index contributed by atoms with van der Waals surface area (Å²) >= 11 is 6.13. The lowest BCUT2D eigenvalue weighted by Gasteiger charge is -2.16. The molecule has 1 unspecified atom stereocenters. The van der Waals surface area contributed by atoms with E-state index in [9.17, 15) is 5.11 Å². The van der Waals surface area contributed by atoms with Crippen LogP contribution in [0.2, 0.25) is 5.02 Å². The van der Waals surface area contributed by atoms with Crippen molar-refractivity contribution >= 4 is 11.6 Å². The molecule has 0 saturated heterocycles. The lowest BCUT2D eigenvalue weighted by molar-refractivity contribution is 0.205. The van der Waals surface area contributed by atoms with Crippen LogP contribution in [0.4, 0.5) is 0 Å².